The molecule has 0 aromatic carbocycles. The Morgan fingerprint density at radius 2 is 1.79 bits per heavy atom. The highest BCUT2D eigenvalue weighted by Crippen LogP contribution is 2.33. The Morgan fingerprint density at radius 1 is 1.05 bits per heavy atom. The van der Waals surface area contributed by atoms with E-state index in [9.17, 15) is 0 Å². The van der Waals surface area contributed by atoms with E-state index in [1.807, 2.05) is 0 Å². The van der Waals surface area contributed by atoms with Crippen molar-refractivity contribution in [2.75, 3.05) is 6.54 Å². The van der Waals surface area contributed by atoms with Crippen LogP contribution in [0.3, 0.4) is 0 Å². The summed E-state index contributed by atoms with van der Waals surface area (Å²) in [4.78, 5) is 2.82. The van der Waals surface area contributed by atoms with E-state index in [1.54, 1.807) is 0 Å². The number of piperidine rings is 1. The molecule has 0 spiro atoms. The van der Waals surface area contributed by atoms with Crippen molar-refractivity contribution in [2.45, 2.75) is 96.2 Å². The Balaban J connectivity index is 1.90. The Labute approximate surface area is 120 Å². The van der Waals surface area contributed by atoms with Gasteiger partial charge in [0.05, 0.1) is 0 Å². The summed E-state index contributed by atoms with van der Waals surface area (Å²) in [6.07, 6.45) is 14.2. The summed E-state index contributed by atoms with van der Waals surface area (Å²) >= 11 is 0. The second-order valence-electron chi connectivity index (χ2n) is 7.05. The average Bonchev–Trinajstić information content (AvgIpc) is 2.40. The molecule has 3 atom stereocenters. The minimum atomic E-state index is 0.757. The van der Waals surface area contributed by atoms with Gasteiger partial charge in [-0.05, 0) is 52.0 Å². The van der Waals surface area contributed by atoms with Gasteiger partial charge in [0.25, 0.3) is 0 Å². The first kappa shape index (κ1) is 15.3. The van der Waals surface area contributed by atoms with Gasteiger partial charge in [-0.15, -0.1) is 0 Å². The van der Waals surface area contributed by atoms with E-state index < -0.39 is 0 Å². The van der Waals surface area contributed by atoms with Crippen molar-refractivity contribution in [3.8, 4) is 0 Å². The van der Waals surface area contributed by atoms with Gasteiger partial charge in [-0.2, -0.15) is 0 Å². The summed E-state index contributed by atoms with van der Waals surface area (Å²) in [7, 11) is 0. The molecule has 1 saturated heterocycles. The van der Waals surface area contributed by atoms with Gasteiger partial charge in [0.1, 0.15) is 0 Å². The lowest BCUT2D eigenvalue weighted by Gasteiger charge is -2.45. The number of rotatable bonds is 5. The number of nitrogens with zero attached hydrogens (tertiary/aromatic N) is 1. The maximum Gasteiger partial charge on any atom is 0.0113 e. The maximum absolute atomic E-state index is 5.82. The lowest BCUT2D eigenvalue weighted by Crippen LogP contribution is -2.51. The minimum absolute atomic E-state index is 0.757. The lowest BCUT2D eigenvalue weighted by atomic mass is 9.83. The molecule has 0 radical (unpaired) electrons. The highest BCUT2D eigenvalue weighted by Gasteiger charge is 2.32. The van der Waals surface area contributed by atoms with Crippen molar-refractivity contribution >= 4 is 0 Å². The molecule has 19 heavy (non-hydrogen) atoms. The van der Waals surface area contributed by atoms with Crippen LogP contribution in [0, 0.1) is 5.92 Å². The number of hydrogen-bond acceptors (Lipinski definition) is 2. The zero-order valence-electron chi connectivity index (χ0n) is 13.1. The van der Waals surface area contributed by atoms with Crippen LogP contribution in [-0.4, -0.2) is 29.6 Å². The Bertz CT molecular complexity index is 246. The van der Waals surface area contributed by atoms with Crippen molar-refractivity contribution in [1.29, 1.82) is 0 Å². The molecule has 2 nitrogen and oxygen atoms in total. The average molecular weight is 266 g/mol. The molecular formula is C17H34N2. The van der Waals surface area contributed by atoms with Crippen molar-refractivity contribution < 1.29 is 0 Å². The quantitative estimate of drug-likeness (QED) is 0.816. The van der Waals surface area contributed by atoms with Gasteiger partial charge in [0, 0.05) is 18.1 Å². The Hall–Kier alpha value is -0.0800. The van der Waals surface area contributed by atoms with Crippen LogP contribution in [-0.2, 0) is 0 Å². The van der Waals surface area contributed by atoms with Crippen molar-refractivity contribution in [2.24, 2.45) is 11.7 Å². The maximum atomic E-state index is 5.82. The first-order valence-electron chi connectivity index (χ1n) is 8.70. The van der Waals surface area contributed by atoms with Crippen LogP contribution >= 0.6 is 0 Å². The van der Waals surface area contributed by atoms with Crippen LogP contribution in [0.25, 0.3) is 0 Å². The molecule has 2 fully saturated rings. The SMILES string of the molecule is C[C@H]1CCC[C@@H](CCN)N1[C@@H](C)CC1CCCCC1. The van der Waals surface area contributed by atoms with Crippen molar-refractivity contribution in [3.63, 3.8) is 0 Å². The van der Waals surface area contributed by atoms with E-state index in [2.05, 4.69) is 18.7 Å². The molecule has 1 heterocycles. The van der Waals surface area contributed by atoms with E-state index in [-0.39, 0.29) is 0 Å². The molecule has 0 amide bonds. The second-order valence-corrected chi connectivity index (χ2v) is 7.05. The van der Waals surface area contributed by atoms with Crippen molar-refractivity contribution in [3.05, 3.63) is 0 Å². The molecule has 0 bridgehead atoms. The number of likely N-dealkylation sites (tertiary alicyclic amines) is 1. The van der Waals surface area contributed by atoms with E-state index in [4.69, 9.17) is 5.73 Å². The Morgan fingerprint density at radius 3 is 2.47 bits per heavy atom. The summed E-state index contributed by atoms with van der Waals surface area (Å²) in [6.45, 7) is 5.75. The van der Waals surface area contributed by atoms with Gasteiger partial charge in [-0.3, -0.25) is 4.90 Å². The van der Waals surface area contributed by atoms with Gasteiger partial charge in [0.2, 0.25) is 0 Å². The van der Waals surface area contributed by atoms with Gasteiger partial charge >= 0.3 is 0 Å². The summed E-state index contributed by atoms with van der Waals surface area (Å²) in [5.74, 6) is 0.997. The second kappa shape index (κ2) is 7.64. The van der Waals surface area contributed by atoms with Crippen LogP contribution in [0.15, 0.2) is 0 Å². The molecule has 1 saturated carbocycles. The zero-order valence-corrected chi connectivity index (χ0v) is 13.1. The van der Waals surface area contributed by atoms with Gasteiger partial charge < -0.3 is 5.73 Å². The molecule has 112 valence electrons. The molecule has 2 rings (SSSR count). The van der Waals surface area contributed by atoms with Crippen LogP contribution in [0.1, 0.15) is 78.1 Å². The van der Waals surface area contributed by atoms with Gasteiger partial charge in [0.15, 0.2) is 0 Å². The molecule has 2 heteroatoms. The van der Waals surface area contributed by atoms with Crippen LogP contribution < -0.4 is 5.73 Å². The summed E-state index contributed by atoms with van der Waals surface area (Å²) in [6, 6.07) is 2.28. The number of hydrogen-bond donors (Lipinski definition) is 1. The van der Waals surface area contributed by atoms with E-state index >= 15 is 0 Å². The first-order valence-corrected chi connectivity index (χ1v) is 8.70. The molecule has 0 unspecified atom stereocenters. The molecule has 0 aromatic rings. The summed E-state index contributed by atoms with van der Waals surface area (Å²) in [5, 5.41) is 0. The van der Waals surface area contributed by atoms with E-state index in [0.29, 0.717) is 0 Å². The van der Waals surface area contributed by atoms with Crippen LogP contribution in [0.4, 0.5) is 0 Å². The molecule has 0 aromatic heterocycles. The predicted molar refractivity (Wildman–Crippen MR) is 83.3 cm³/mol. The molecule has 1 aliphatic heterocycles. The third-order valence-electron chi connectivity index (χ3n) is 5.50. The minimum Gasteiger partial charge on any atom is -0.330 e. The molecule has 2 N–H and O–H groups in total. The van der Waals surface area contributed by atoms with Crippen molar-refractivity contribution in [1.82, 2.24) is 4.90 Å². The predicted octanol–water partition coefficient (Wildman–Crippen LogP) is 3.94. The molecule has 2 aliphatic rings. The fourth-order valence-electron chi connectivity index (χ4n) is 4.61. The van der Waals surface area contributed by atoms with E-state index in [1.165, 1.54) is 64.2 Å². The zero-order chi connectivity index (χ0) is 13.7. The topological polar surface area (TPSA) is 29.3 Å². The standard InChI is InChI=1S/C17H34N2/c1-14-7-6-10-17(11-12-18)19(14)15(2)13-16-8-4-3-5-9-16/h14-17H,3-13,18H2,1-2H3/t14-,15-,17-/m0/s1. The lowest BCUT2D eigenvalue weighted by molar-refractivity contribution is 0.0366. The van der Waals surface area contributed by atoms with Crippen LogP contribution in [0.5, 0.6) is 0 Å². The smallest absolute Gasteiger partial charge is 0.0113 e. The fraction of sp³-hybridized carbons (Fsp3) is 1.00. The van der Waals surface area contributed by atoms with Gasteiger partial charge in [-0.1, -0.05) is 38.5 Å². The summed E-state index contributed by atoms with van der Waals surface area (Å²) < 4.78 is 0. The van der Waals surface area contributed by atoms with E-state index in [0.717, 1.165) is 30.6 Å². The fourth-order valence-corrected chi connectivity index (χ4v) is 4.61. The Kier molecular flexibility index (Phi) is 6.15. The third kappa shape index (κ3) is 4.19. The third-order valence-corrected chi connectivity index (χ3v) is 5.50. The van der Waals surface area contributed by atoms with Gasteiger partial charge in [-0.25, -0.2) is 0 Å². The molecular weight excluding hydrogens is 232 g/mol. The highest BCUT2D eigenvalue weighted by atomic mass is 15.2. The highest BCUT2D eigenvalue weighted by molar-refractivity contribution is 4.87. The summed E-state index contributed by atoms with van der Waals surface area (Å²) in [5.41, 5.74) is 5.82. The van der Waals surface area contributed by atoms with Crippen LogP contribution in [0.2, 0.25) is 0 Å². The molecule has 1 aliphatic carbocycles. The normalized spacial score (nSPS) is 32.4. The largest absolute Gasteiger partial charge is 0.330 e. The monoisotopic (exact) mass is 266 g/mol. The first-order chi connectivity index (χ1) is 9.22. The number of nitrogens with two attached hydrogens (primary N) is 1.